The molecule has 0 aliphatic carbocycles. The van der Waals surface area contributed by atoms with Gasteiger partial charge < -0.3 is 0 Å². The number of halogens is 2. The minimum atomic E-state index is 0.178. The molecule has 20 heavy (non-hydrogen) atoms. The van der Waals surface area contributed by atoms with Gasteiger partial charge in [-0.15, -0.1) is 0 Å². The van der Waals surface area contributed by atoms with E-state index >= 15 is 0 Å². The van der Waals surface area contributed by atoms with Crippen LogP contribution in [0.5, 0.6) is 0 Å². The smallest absolute Gasteiger partial charge is 0.137 e. The Kier molecular flexibility index (Phi) is 5.22. The van der Waals surface area contributed by atoms with Crippen molar-refractivity contribution in [3.05, 3.63) is 69.2 Å². The zero-order valence-electron chi connectivity index (χ0n) is 11.3. The SMILES string of the molecule is Cc1ccccc1CCC(=O)Cc1cccc(Cl)c1Cl. The van der Waals surface area contributed by atoms with Crippen LogP contribution in [0.2, 0.25) is 10.0 Å². The van der Waals surface area contributed by atoms with Gasteiger partial charge in [0.15, 0.2) is 0 Å². The molecule has 2 aromatic rings. The van der Waals surface area contributed by atoms with Crippen LogP contribution in [0.25, 0.3) is 0 Å². The van der Waals surface area contributed by atoms with Crippen LogP contribution in [-0.4, -0.2) is 5.78 Å². The molecule has 0 spiro atoms. The van der Waals surface area contributed by atoms with E-state index in [4.69, 9.17) is 23.2 Å². The number of carbonyl (C=O) groups is 1. The Morgan fingerprint density at radius 2 is 1.70 bits per heavy atom. The van der Waals surface area contributed by atoms with Crippen LogP contribution in [0, 0.1) is 6.92 Å². The van der Waals surface area contributed by atoms with Crippen molar-refractivity contribution in [1.29, 1.82) is 0 Å². The molecule has 0 saturated carbocycles. The first kappa shape index (κ1) is 15.1. The van der Waals surface area contributed by atoms with Crippen LogP contribution < -0.4 is 0 Å². The molecular weight excluding hydrogens is 291 g/mol. The highest BCUT2D eigenvalue weighted by Crippen LogP contribution is 2.26. The van der Waals surface area contributed by atoms with Crippen molar-refractivity contribution in [3.63, 3.8) is 0 Å². The Bertz CT molecular complexity index is 620. The van der Waals surface area contributed by atoms with E-state index in [0.717, 1.165) is 12.0 Å². The summed E-state index contributed by atoms with van der Waals surface area (Å²) in [4.78, 5) is 12.1. The lowest BCUT2D eigenvalue weighted by molar-refractivity contribution is -0.118. The highest BCUT2D eigenvalue weighted by Gasteiger charge is 2.10. The first-order valence-corrected chi connectivity index (χ1v) is 7.32. The van der Waals surface area contributed by atoms with Crippen LogP contribution in [0.4, 0.5) is 0 Å². The summed E-state index contributed by atoms with van der Waals surface area (Å²) in [6.45, 7) is 2.06. The summed E-state index contributed by atoms with van der Waals surface area (Å²) in [7, 11) is 0. The molecule has 0 heterocycles. The third-order valence-corrected chi connectivity index (χ3v) is 4.21. The fourth-order valence-electron chi connectivity index (χ4n) is 2.15. The molecule has 0 fully saturated rings. The predicted octanol–water partition coefficient (Wildman–Crippen LogP) is 5.05. The summed E-state index contributed by atoms with van der Waals surface area (Å²) >= 11 is 12.0. The number of carbonyl (C=O) groups excluding carboxylic acids is 1. The lowest BCUT2D eigenvalue weighted by Gasteiger charge is -2.07. The summed E-state index contributed by atoms with van der Waals surface area (Å²) in [5.74, 6) is 0.178. The topological polar surface area (TPSA) is 17.1 Å². The van der Waals surface area contributed by atoms with Gasteiger partial charge in [0.25, 0.3) is 0 Å². The van der Waals surface area contributed by atoms with Crippen molar-refractivity contribution < 1.29 is 4.79 Å². The second-order valence-corrected chi connectivity index (χ2v) is 5.64. The standard InChI is InChI=1S/C17H16Cl2O/c1-12-5-2-3-6-13(12)9-10-15(20)11-14-7-4-8-16(18)17(14)19/h2-8H,9-11H2,1H3. The maximum atomic E-state index is 12.1. The first-order chi connectivity index (χ1) is 9.58. The van der Waals surface area contributed by atoms with Crippen LogP contribution in [-0.2, 0) is 17.6 Å². The lowest BCUT2D eigenvalue weighted by Crippen LogP contribution is -2.05. The fraction of sp³-hybridized carbons (Fsp3) is 0.235. The van der Waals surface area contributed by atoms with Crippen molar-refractivity contribution >= 4 is 29.0 Å². The molecule has 0 radical (unpaired) electrons. The number of hydrogen-bond acceptors (Lipinski definition) is 1. The van der Waals surface area contributed by atoms with Gasteiger partial charge in [-0.2, -0.15) is 0 Å². The van der Waals surface area contributed by atoms with Crippen molar-refractivity contribution in [2.75, 3.05) is 0 Å². The van der Waals surface area contributed by atoms with Gasteiger partial charge in [-0.05, 0) is 36.1 Å². The van der Waals surface area contributed by atoms with Crippen molar-refractivity contribution in [2.45, 2.75) is 26.2 Å². The van der Waals surface area contributed by atoms with E-state index < -0.39 is 0 Å². The molecule has 0 unspecified atom stereocenters. The molecule has 0 N–H and O–H groups in total. The Morgan fingerprint density at radius 3 is 2.45 bits per heavy atom. The van der Waals surface area contributed by atoms with Gasteiger partial charge in [0.05, 0.1) is 10.0 Å². The zero-order valence-corrected chi connectivity index (χ0v) is 12.8. The molecule has 2 aromatic carbocycles. The Morgan fingerprint density at radius 1 is 1.00 bits per heavy atom. The maximum absolute atomic E-state index is 12.1. The van der Waals surface area contributed by atoms with Gasteiger partial charge >= 0.3 is 0 Å². The third-order valence-electron chi connectivity index (χ3n) is 3.35. The Hall–Kier alpha value is -1.31. The fourth-order valence-corrected chi connectivity index (χ4v) is 2.54. The lowest BCUT2D eigenvalue weighted by atomic mass is 10.00. The van der Waals surface area contributed by atoms with Gasteiger partial charge in [-0.25, -0.2) is 0 Å². The Labute approximate surface area is 129 Å². The molecular formula is C17H16Cl2O. The molecule has 1 nitrogen and oxygen atoms in total. The number of benzene rings is 2. The average molecular weight is 307 g/mol. The highest BCUT2D eigenvalue weighted by atomic mass is 35.5. The molecule has 0 aliphatic heterocycles. The van der Waals surface area contributed by atoms with Crippen LogP contribution in [0.15, 0.2) is 42.5 Å². The molecule has 0 atom stereocenters. The molecule has 104 valence electrons. The van der Waals surface area contributed by atoms with E-state index in [0.29, 0.717) is 22.9 Å². The molecule has 0 bridgehead atoms. The molecule has 0 saturated heterocycles. The van der Waals surface area contributed by atoms with Gasteiger partial charge in [0, 0.05) is 12.8 Å². The normalized spacial score (nSPS) is 10.6. The summed E-state index contributed by atoms with van der Waals surface area (Å²) in [6, 6.07) is 13.5. The zero-order chi connectivity index (χ0) is 14.5. The number of aryl methyl sites for hydroxylation is 2. The number of hydrogen-bond donors (Lipinski definition) is 0. The van der Waals surface area contributed by atoms with E-state index in [2.05, 4.69) is 19.1 Å². The molecule has 0 aromatic heterocycles. The molecule has 3 heteroatoms. The van der Waals surface area contributed by atoms with E-state index in [9.17, 15) is 4.79 Å². The van der Waals surface area contributed by atoms with Crippen LogP contribution in [0.1, 0.15) is 23.1 Å². The van der Waals surface area contributed by atoms with E-state index in [1.807, 2.05) is 24.3 Å². The van der Waals surface area contributed by atoms with E-state index in [-0.39, 0.29) is 5.78 Å². The second kappa shape index (κ2) is 6.92. The van der Waals surface area contributed by atoms with Crippen LogP contribution in [0.3, 0.4) is 0 Å². The van der Waals surface area contributed by atoms with Crippen LogP contribution >= 0.6 is 23.2 Å². The minimum Gasteiger partial charge on any atom is -0.299 e. The Balaban J connectivity index is 1.96. The predicted molar refractivity (Wildman–Crippen MR) is 84.7 cm³/mol. The summed E-state index contributed by atoms with van der Waals surface area (Å²) < 4.78 is 0. The van der Waals surface area contributed by atoms with E-state index in [1.165, 1.54) is 11.1 Å². The first-order valence-electron chi connectivity index (χ1n) is 6.57. The molecule has 0 aliphatic rings. The van der Waals surface area contributed by atoms with Gasteiger partial charge in [-0.3, -0.25) is 4.79 Å². The second-order valence-electron chi connectivity index (χ2n) is 4.85. The van der Waals surface area contributed by atoms with Gasteiger partial charge in [0.2, 0.25) is 0 Å². The number of ketones is 1. The van der Waals surface area contributed by atoms with Crippen molar-refractivity contribution in [1.82, 2.24) is 0 Å². The van der Waals surface area contributed by atoms with Gasteiger partial charge in [0.1, 0.15) is 5.78 Å². The van der Waals surface area contributed by atoms with Gasteiger partial charge in [-0.1, -0.05) is 59.6 Å². The highest BCUT2D eigenvalue weighted by molar-refractivity contribution is 6.42. The third kappa shape index (κ3) is 3.84. The summed E-state index contributed by atoms with van der Waals surface area (Å²) in [5, 5.41) is 0.981. The number of rotatable bonds is 5. The average Bonchev–Trinajstić information content (AvgIpc) is 2.43. The number of Topliss-reactive ketones (excluding diaryl/α,β-unsaturated/α-hetero) is 1. The molecule has 2 rings (SSSR count). The quantitative estimate of drug-likeness (QED) is 0.755. The van der Waals surface area contributed by atoms with E-state index in [1.54, 1.807) is 6.07 Å². The van der Waals surface area contributed by atoms with Crippen molar-refractivity contribution in [3.8, 4) is 0 Å². The summed E-state index contributed by atoms with van der Waals surface area (Å²) in [5.41, 5.74) is 3.24. The summed E-state index contributed by atoms with van der Waals surface area (Å²) in [6.07, 6.45) is 1.63. The van der Waals surface area contributed by atoms with Crippen molar-refractivity contribution in [2.24, 2.45) is 0 Å². The minimum absolute atomic E-state index is 0.178. The largest absolute Gasteiger partial charge is 0.299 e. The maximum Gasteiger partial charge on any atom is 0.137 e. The monoisotopic (exact) mass is 306 g/mol. The molecule has 0 amide bonds.